The van der Waals surface area contributed by atoms with Gasteiger partial charge in [-0.15, -0.1) is 0 Å². The van der Waals surface area contributed by atoms with Gasteiger partial charge in [0, 0.05) is 12.3 Å². The molecule has 0 aliphatic carbocycles. The Morgan fingerprint density at radius 1 is 1.37 bits per heavy atom. The Morgan fingerprint density at radius 2 is 2.16 bits per heavy atom. The van der Waals surface area contributed by atoms with E-state index in [9.17, 15) is 14.9 Å². The molecule has 0 unspecified atom stereocenters. The molecule has 0 amide bonds. The van der Waals surface area contributed by atoms with Gasteiger partial charge in [-0.3, -0.25) is 14.9 Å². The molecule has 0 aliphatic heterocycles. The first-order valence-corrected chi connectivity index (χ1v) is 5.51. The van der Waals surface area contributed by atoms with E-state index in [2.05, 4.69) is 4.98 Å². The lowest BCUT2D eigenvalue weighted by Gasteiger charge is -2.07. The number of hydrogen-bond acceptors (Lipinski definition) is 5. The van der Waals surface area contributed by atoms with Gasteiger partial charge in [-0.05, 0) is 18.2 Å². The zero-order valence-electron chi connectivity index (χ0n) is 9.45. The van der Waals surface area contributed by atoms with Crippen LogP contribution in [-0.4, -0.2) is 16.2 Å². The number of carbonyl (C=O) groups excluding carboxylic acids is 1. The number of nitrogens with zero attached hydrogens (tertiary/aromatic N) is 2. The summed E-state index contributed by atoms with van der Waals surface area (Å²) < 4.78 is 5.34. The van der Waals surface area contributed by atoms with Crippen molar-refractivity contribution in [2.24, 2.45) is 0 Å². The summed E-state index contributed by atoms with van der Waals surface area (Å²) in [5, 5.41) is 10.9. The highest BCUT2D eigenvalue weighted by atomic mass is 35.5. The minimum atomic E-state index is -0.567. The quantitative estimate of drug-likeness (QED) is 0.487. The summed E-state index contributed by atoms with van der Waals surface area (Å²) in [5.74, 6) is 0.109. The third-order valence-electron chi connectivity index (χ3n) is 2.26. The van der Waals surface area contributed by atoms with Crippen molar-refractivity contribution in [2.75, 3.05) is 0 Å². The van der Waals surface area contributed by atoms with E-state index in [1.54, 1.807) is 6.07 Å². The molecule has 2 rings (SSSR count). The normalized spacial score (nSPS) is 9.95. The molecule has 7 heteroatoms. The summed E-state index contributed by atoms with van der Waals surface area (Å²) in [5.41, 5.74) is 0.0630. The molecule has 0 spiro atoms. The van der Waals surface area contributed by atoms with Crippen molar-refractivity contribution in [1.29, 1.82) is 0 Å². The van der Waals surface area contributed by atoms with Crippen molar-refractivity contribution in [3.05, 3.63) is 57.2 Å². The number of benzene rings is 1. The molecule has 1 heterocycles. The third-order valence-corrected chi connectivity index (χ3v) is 2.57. The average Bonchev–Trinajstić information content (AvgIpc) is 2.41. The van der Waals surface area contributed by atoms with Crippen molar-refractivity contribution < 1.29 is 14.5 Å². The Morgan fingerprint density at radius 3 is 2.84 bits per heavy atom. The summed E-state index contributed by atoms with van der Waals surface area (Å²) in [4.78, 5) is 24.8. The highest BCUT2D eigenvalue weighted by Gasteiger charge is 2.13. The lowest BCUT2D eigenvalue weighted by Crippen LogP contribution is -1.95. The van der Waals surface area contributed by atoms with E-state index < -0.39 is 4.92 Å². The van der Waals surface area contributed by atoms with E-state index in [4.69, 9.17) is 16.3 Å². The second-order valence-corrected chi connectivity index (χ2v) is 3.90. The van der Waals surface area contributed by atoms with Crippen molar-refractivity contribution in [2.45, 2.75) is 0 Å². The summed E-state index contributed by atoms with van der Waals surface area (Å²) in [6, 6.07) is 6.87. The lowest BCUT2D eigenvalue weighted by molar-refractivity contribution is -0.384. The van der Waals surface area contributed by atoms with Crippen LogP contribution in [-0.2, 0) is 0 Å². The summed E-state index contributed by atoms with van der Waals surface area (Å²) in [7, 11) is 0. The molecule has 0 saturated heterocycles. The fourth-order valence-corrected chi connectivity index (χ4v) is 1.52. The van der Waals surface area contributed by atoms with Gasteiger partial charge in [0.25, 0.3) is 5.69 Å². The number of ether oxygens (including phenoxy) is 1. The number of hydrogen-bond donors (Lipinski definition) is 0. The monoisotopic (exact) mass is 278 g/mol. The lowest BCUT2D eigenvalue weighted by atomic mass is 10.3. The predicted molar refractivity (Wildman–Crippen MR) is 67.8 cm³/mol. The Bertz CT molecular complexity index is 645. The average molecular weight is 279 g/mol. The molecule has 19 heavy (non-hydrogen) atoms. The fraction of sp³-hybridized carbons (Fsp3) is 0. The number of aldehydes is 1. The van der Waals surface area contributed by atoms with E-state index in [1.807, 2.05) is 0 Å². The second kappa shape index (κ2) is 5.45. The van der Waals surface area contributed by atoms with Gasteiger partial charge in [-0.1, -0.05) is 11.6 Å². The van der Waals surface area contributed by atoms with E-state index in [-0.39, 0.29) is 27.9 Å². The number of carbonyl (C=O) groups is 1. The van der Waals surface area contributed by atoms with Crippen LogP contribution in [0.25, 0.3) is 0 Å². The van der Waals surface area contributed by atoms with Gasteiger partial charge >= 0.3 is 0 Å². The van der Waals surface area contributed by atoms with Gasteiger partial charge in [0.15, 0.2) is 12.0 Å². The molecule has 0 atom stereocenters. The molecule has 0 radical (unpaired) electrons. The minimum absolute atomic E-state index is 0.0416. The van der Waals surface area contributed by atoms with Gasteiger partial charge in [0.2, 0.25) is 5.88 Å². The SMILES string of the molecule is O=Cc1cccnc1Oc1cc([N+](=O)[O-])ccc1Cl. The number of rotatable bonds is 4. The van der Waals surface area contributed by atoms with Crippen LogP contribution in [0.1, 0.15) is 10.4 Å². The topological polar surface area (TPSA) is 82.3 Å². The Hall–Kier alpha value is -2.47. The maximum Gasteiger partial charge on any atom is 0.273 e. The Balaban J connectivity index is 2.40. The molecule has 96 valence electrons. The molecule has 1 aromatic heterocycles. The smallest absolute Gasteiger partial charge is 0.273 e. The zero-order valence-corrected chi connectivity index (χ0v) is 10.2. The first-order chi connectivity index (χ1) is 9.11. The van der Waals surface area contributed by atoms with Gasteiger partial charge in [0.05, 0.1) is 21.6 Å². The van der Waals surface area contributed by atoms with Crippen LogP contribution in [0.3, 0.4) is 0 Å². The van der Waals surface area contributed by atoms with E-state index in [1.165, 1.54) is 30.5 Å². The molecule has 0 aliphatic rings. The van der Waals surface area contributed by atoms with Crippen LogP contribution in [0, 0.1) is 10.1 Å². The maximum absolute atomic E-state index is 10.8. The van der Waals surface area contributed by atoms with Crippen LogP contribution in [0.15, 0.2) is 36.5 Å². The summed E-state index contributed by atoms with van der Waals surface area (Å²) >= 11 is 5.88. The highest BCUT2D eigenvalue weighted by Crippen LogP contribution is 2.32. The van der Waals surface area contributed by atoms with Crippen LogP contribution < -0.4 is 4.74 Å². The van der Waals surface area contributed by atoms with Gasteiger partial charge in [-0.2, -0.15) is 0 Å². The molecular formula is C12H7ClN2O4. The number of pyridine rings is 1. The fourth-order valence-electron chi connectivity index (χ4n) is 1.37. The number of non-ortho nitro benzene ring substituents is 1. The Labute approximate surface area is 112 Å². The number of aromatic nitrogens is 1. The van der Waals surface area contributed by atoms with Gasteiger partial charge < -0.3 is 4.74 Å². The van der Waals surface area contributed by atoms with E-state index >= 15 is 0 Å². The van der Waals surface area contributed by atoms with Crippen LogP contribution in [0.5, 0.6) is 11.6 Å². The largest absolute Gasteiger partial charge is 0.436 e. The summed E-state index contributed by atoms with van der Waals surface area (Å²) in [6.07, 6.45) is 2.02. The van der Waals surface area contributed by atoms with Crippen molar-refractivity contribution in [1.82, 2.24) is 4.98 Å². The number of nitro groups is 1. The molecule has 0 saturated carbocycles. The second-order valence-electron chi connectivity index (χ2n) is 3.49. The predicted octanol–water partition coefficient (Wildman–Crippen LogP) is 3.25. The molecule has 6 nitrogen and oxygen atoms in total. The molecule has 0 fully saturated rings. The molecule has 1 aromatic carbocycles. The number of nitro benzene ring substituents is 1. The first-order valence-electron chi connectivity index (χ1n) is 5.14. The maximum atomic E-state index is 10.8. The number of halogens is 1. The van der Waals surface area contributed by atoms with Gasteiger partial charge in [-0.25, -0.2) is 4.98 Å². The van der Waals surface area contributed by atoms with Crippen LogP contribution >= 0.6 is 11.6 Å². The van der Waals surface area contributed by atoms with Crippen LogP contribution in [0.4, 0.5) is 5.69 Å². The molecular weight excluding hydrogens is 272 g/mol. The Kier molecular flexibility index (Phi) is 3.72. The van der Waals surface area contributed by atoms with Gasteiger partial charge in [0.1, 0.15) is 0 Å². The molecule has 0 N–H and O–H groups in total. The van der Waals surface area contributed by atoms with Crippen molar-refractivity contribution in [3.8, 4) is 11.6 Å². The summed E-state index contributed by atoms with van der Waals surface area (Å²) in [6.45, 7) is 0. The standard InChI is InChI=1S/C12H7ClN2O4/c13-10-4-3-9(15(17)18)6-11(10)19-12-8(7-16)2-1-5-14-12/h1-7H. The van der Waals surface area contributed by atoms with Crippen LogP contribution in [0.2, 0.25) is 5.02 Å². The highest BCUT2D eigenvalue weighted by molar-refractivity contribution is 6.32. The van der Waals surface area contributed by atoms with Crippen molar-refractivity contribution in [3.63, 3.8) is 0 Å². The van der Waals surface area contributed by atoms with E-state index in [0.717, 1.165) is 0 Å². The van der Waals surface area contributed by atoms with Crippen molar-refractivity contribution >= 4 is 23.6 Å². The minimum Gasteiger partial charge on any atom is -0.436 e. The zero-order chi connectivity index (χ0) is 13.8. The third kappa shape index (κ3) is 2.86. The molecule has 0 bridgehead atoms. The molecule has 2 aromatic rings. The van der Waals surface area contributed by atoms with E-state index in [0.29, 0.717) is 6.29 Å². The first kappa shape index (κ1) is 13.0.